The van der Waals surface area contributed by atoms with Crippen molar-refractivity contribution in [2.75, 3.05) is 7.11 Å². The van der Waals surface area contributed by atoms with Crippen LogP contribution >= 0.6 is 0 Å². The van der Waals surface area contributed by atoms with E-state index in [4.69, 9.17) is 9.47 Å². The number of aliphatic hydroxyl groups excluding tert-OH is 1. The van der Waals surface area contributed by atoms with Gasteiger partial charge >= 0.3 is 0 Å². The zero-order chi connectivity index (χ0) is 16.8. The molecule has 4 nitrogen and oxygen atoms in total. The number of rotatable bonds is 2. The molecule has 4 heteroatoms. The number of hydrogen-bond donors (Lipinski definition) is 2. The summed E-state index contributed by atoms with van der Waals surface area (Å²) in [6, 6.07) is 6.90. The molecule has 4 atom stereocenters. The highest BCUT2D eigenvalue weighted by Crippen LogP contribution is 2.70. The van der Waals surface area contributed by atoms with Crippen LogP contribution in [0.4, 0.5) is 0 Å². The molecule has 0 amide bonds. The van der Waals surface area contributed by atoms with Gasteiger partial charge in [0.05, 0.1) is 0 Å². The SMILES string of the molecule is CO[C@@]12C#C/C=C/C#C[C@@H](O)[C@]3(CCC1)O[C@]32c1cccc(O)c1. The van der Waals surface area contributed by atoms with Crippen LogP contribution in [0.5, 0.6) is 5.75 Å². The Morgan fingerprint density at radius 1 is 1.25 bits per heavy atom. The van der Waals surface area contributed by atoms with Gasteiger partial charge in [0.2, 0.25) is 0 Å². The largest absolute Gasteiger partial charge is 0.508 e. The van der Waals surface area contributed by atoms with E-state index in [9.17, 15) is 10.2 Å². The molecule has 1 heterocycles. The fourth-order valence-electron chi connectivity index (χ4n) is 4.25. The Morgan fingerprint density at radius 2 is 2.08 bits per heavy atom. The maximum Gasteiger partial charge on any atom is 0.167 e. The second kappa shape index (κ2) is 5.13. The van der Waals surface area contributed by atoms with E-state index in [2.05, 4.69) is 23.7 Å². The second-order valence-corrected chi connectivity index (χ2v) is 6.40. The van der Waals surface area contributed by atoms with Crippen LogP contribution in [-0.2, 0) is 15.1 Å². The van der Waals surface area contributed by atoms with Crippen molar-refractivity contribution in [3.63, 3.8) is 0 Å². The minimum Gasteiger partial charge on any atom is -0.508 e. The lowest BCUT2D eigenvalue weighted by atomic mass is 9.64. The van der Waals surface area contributed by atoms with Crippen molar-refractivity contribution in [3.8, 4) is 29.4 Å². The van der Waals surface area contributed by atoms with Crippen molar-refractivity contribution < 1.29 is 19.7 Å². The monoisotopic (exact) mass is 322 g/mol. The molecule has 4 rings (SSSR count). The number of benzene rings is 1. The number of phenols is 1. The maximum absolute atomic E-state index is 10.8. The minimum absolute atomic E-state index is 0.141. The van der Waals surface area contributed by atoms with Gasteiger partial charge in [0.15, 0.2) is 11.2 Å². The van der Waals surface area contributed by atoms with E-state index in [0.29, 0.717) is 12.8 Å². The molecule has 1 saturated heterocycles. The predicted molar refractivity (Wildman–Crippen MR) is 87.9 cm³/mol. The lowest BCUT2D eigenvalue weighted by molar-refractivity contribution is -0.0456. The third-order valence-corrected chi connectivity index (χ3v) is 5.32. The summed E-state index contributed by atoms with van der Waals surface area (Å²) < 4.78 is 12.2. The summed E-state index contributed by atoms with van der Waals surface area (Å²) in [5, 5.41) is 20.7. The summed E-state index contributed by atoms with van der Waals surface area (Å²) in [6.07, 6.45) is 4.47. The van der Waals surface area contributed by atoms with Crippen LogP contribution in [0.25, 0.3) is 0 Å². The molecular weight excluding hydrogens is 304 g/mol. The minimum atomic E-state index is -0.959. The highest BCUT2D eigenvalue weighted by atomic mass is 16.7. The van der Waals surface area contributed by atoms with Gasteiger partial charge in [-0.2, -0.15) is 0 Å². The number of allylic oxidation sites excluding steroid dienone is 2. The standard InChI is InChI=1S/C20H18O4/c1-23-18-11-5-3-2-4-10-17(22)19(13-7-12-18)20(18,24-19)15-8-6-9-16(21)14-15/h2-3,6,8-9,14,17,21-22H,7,12-13H2,1H3/b3-2+/t17-,18+,19+,20+/m1/s1. The zero-order valence-electron chi connectivity index (χ0n) is 13.4. The van der Waals surface area contributed by atoms with Crippen molar-refractivity contribution >= 4 is 0 Å². The van der Waals surface area contributed by atoms with Crippen LogP contribution < -0.4 is 0 Å². The van der Waals surface area contributed by atoms with E-state index >= 15 is 0 Å². The molecule has 0 spiro atoms. The number of aromatic hydroxyl groups is 1. The van der Waals surface area contributed by atoms with Crippen LogP contribution in [0.3, 0.4) is 0 Å². The maximum atomic E-state index is 10.8. The van der Waals surface area contributed by atoms with Gasteiger partial charge in [-0.25, -0.2) is 0 Å². The van der Waals surface area contributed by atoms with Crippen molar-refractivity contribution in [2.45, 2.75) is 42.2 Å². The number of phenolic OH excluding ortho intramolecular Hbond substituents is 1. The summed E-state index contributed by atoms with van der Waals surface area (Å²) in [6.45, 7) is 0. The third-order valence-electron chi connectivity index (χ3n) is 5.32. The Labute approximate surface area is 141 Å². The number of methoxy groups -OCH3 is 1. The topological polar surface area (TPSA) is 62.2 Å². The van der Waals surface area contributed by atoms with E-state index < -0.39 is 22.9 Å². The third kappa shape index (κ3) is 1.77. The zero-order valence-corrected chi connectivity index (χ0v) is 13.4. The summed E-state index contributed by atoms with van der Waals surface area (Å²) in [7, 11) is 1.62. The van der Waals surface area contributed by atoms with Gasteiger partial charge in [0.1, 0.15) is 17.5 Å². The molecule has 1 saturated carbocycles. The molecule has 1 aromatic rings. The van der Waals surface area contributed by atoms with Gasteiger partial charge < -0.3 is 19.7 Å². The highest BCUT2D eigenvalue weighted by molar-refractivity contribution is 5.51. The van der Waals surface area contributed by atoms with Crippen molar-refractivity contribution in [2.24, 2.45) is 0 Å². The fraction of sp³-hybridized carbons (Fsp3) is 0.400. The van der Waals surface area contributed by atoms with Crippen molar-refractivity contribution in [1.82, 2.24) is 0 Å². The second-order valence-electron chi connectivity index (χ2n) is 6.40. The summed E-state index contributed by atoms with van der Waals surface area (Å²) in [5.74, 6) is 12.0. The summed E-state index contributed by atoms with van der Waals surface area (Å²) in [4.78, 5) is 0. The lowest BCUT2D eigenvalue weighted by Gasteiger charge is -2.40. The summed E-state index contributed by atoms with van der Waals surface area (Å²) >= 11 is 0. The molecule has 2 bridgehead atoms. The van der Waals surface area contributed by atoms with Crippen LogP contribution in [0.2, 0.25) is 0 Å². The van der Waals surface area contributed by atoms with Gasteiger partial charge in [-0.3, -0.25) is 0 Å². The molecule has 0 radical (unpaired) electrons. The first kappa shape index (κ1) is 15.3. The first-order valence-corrected chi connectivity index (χ1v) is 8.02. The molecule has 3 aliphatic rings. The number of epoxide rings is 1. The highest BCUT2D eigenvalue weighted by Gasteiger charge is 2.83. The molecule has 24 heavy (non-hydrogen) atoms. The molecule has 2 N–H and O–H groups in total. The molecule has 0 unspecified atom stereocenters. The molecule has 0 aromatic heterocycles. The van der Waals surface area contributed by atoms with Gasteiger partial charge in [0.25, 0.3) is 0 Å². The Morgan fingerprint density at radius 3 is 2.88 bits per heavy atom. The number of hydrogen-bond acceptors (Lipinski definition) is 4. The van der Waals surface area contributed by atoms with Crippen molar-refractivity contribution in [3.05, 3.63) is 42.0 Å². The van der Waals surface area contributed by atoms with Crippen LogP contribution in [0, 0.1) is 23.7 Å². The van der Waals surface area contributed by atoms with Crippen LogP contribution in [0.1, 0.15) is 24.8 Å². The average Bonchev–Trinajstić information content (AvgIpc) is 3.30. The van der Waals surface area contributed by atoms with Gasteiger partial charge in [-0.05, 0) is 49.1 Å². The molecular formula is C20H18O4. The normalized spacial score (nSPS) is 40.2. The van der Waals surface area contributed by atoms with Crippen molar-refractivity contribution in [1.29, 1.82) is 0 Å². The lowest BCUT2D eigenvalue weighted by Crippen LogP contribution is -2.54. The predicted octanol–water partition coefficient (Wildman–Crippen LogP) is 1.86. The molecule has 122 valence electrons. The molecule has 2 aliphatic carbocycles. The van der Waals surface area contributed by atoms with E-state index in [-0.39, 0.29) is 5.75 Å². The Kier molecular flexibility index (Phi) is 3.27. The first-order valence-electron chi connectivity index (χ1n) is 8.02. The Bertz CT molecular complexity index is 836. The quantitative estimate of drug-likeness (QED) is 0.644. The van der Waals surface area contributed by atoms with E-state index in [0.717, 1.165) is 12.0 Å². The Hall–Kier alpha value is -2.24. The van der Waals surface area contributed by atoms with Gasteiger partial charge in [0, 0.05) is 7.11 Å². The first-order chi connectivity index (χ1) is 11.6. The van der Waals surface area contributed by atoms with E-state index in [1.807, 2.05) is 6.07 Å². The van der Waals surface area contributed by atoms with Crippen LogP contribution in [0.15, 0.2) is 36.4 Å². The number of aliphatic hydroxyl groups is 1. The molecule has 2 fully saturated rings. The molecule has 1 aliphatic heterocycles. The van der Waals surface area contributed by atoms with Gasteiger partial charge in [-0.15, -0.1) is 0 Å². The average molecular weight is 322 g/mol. The summed E-state index contributed by atoms with van der Waals surface area (Å²) in [5.41, 5.74) is -1.97. The Balaban J connectivity index is 1.99. The fourth-order valence-corrected chi connectivity index (χ4v) is 4.25. The van der Waals surface area contributed by atoms with E-state index in [1.54, 1.807) is 37.5 Å². The van der Waals surface area contributed by atoms with Crippen LogP contribution in [-0.4, -0.2) is 34.6 Å². The number of ether oxygens (including phenoxy) is 2. The van der Waals surface area contributed by atoms with E-state index in [1.165, 1.54) is 0 Å². The molecule has 1 aromatic carbocycles. The van der Waals surface area contributed by atoms with Gasteiger partial charge in [-0.1, -0.05) is 35.8 Å². The smallest absolute Gasteiger partial charge is 0.167 e.